The Balaban J connectivity index is 2.16. The number of esters is 1. The summed E-state index contributed by atoms with van der Waals surface area (Å²) in [5.41, 5.74) is 1.00. The van der Waals surface area contributed by atoms with Crippen LogP contribution in [0.4, 0.5) is 0 Å². The second kappa shape index (κ2) is 6.74. The maximum absolute atomic E-state index is 11.1. The molecule has 86 valence electrons. The average Bonchev–Trinajstić information content (AvgIpc) is 2.28. The molecule has 0 spiro atoms. The zero-order chi connectivity index (χ0) is 11.8. The summed E-state index contributed by atoms with van der Waals surface area (Å²) < 4.78 is 9.71. The zero-order valence-electron chi connectivity index (χ0n) is 9.14. The highest BCUT2D eigenvalue weighted by molar-refractivity contribution is 5.82. The number of carbonyl (C=O) groups excluding carboxylic acids is 2. The standard InChI is InChI=1S/C12H14O4/c1-10(13)16-9-12(14)8-15-7-11-5-3-2-4-6-11/h2-6H,7-9H2,1H3. The summed E-state index contributed by atoms with van der Waals surface area (Å²) in [6.07, 6.45) is 0. The van der Waals surface area contributed by atoms with Crippen molar-refractivity contribution < 1.29 is 19.1 Å². The van der Waals surface area contributed by atoms with Gasteiger partial charge in [0.1, 0.15) is 6.61 Å². The van der Waals surface area contributed by atoms with E-state index in [4.69, 9.17) is 4.74 Å². The fraction of sp³-hybridized carbons (Fsp3) is 0.333. The van der Waals surface area contributed by atoms with Crippen LogP contribution in [0.25, 0.3) is 0 Å². The minimum atomic E-state index is -0.462. The lowest BCUT2D eigenvalue weighted by Crippen LogP contribution is -2.17. The molecule has 0 radical (unpaired) electrons. The number of carbonyl (C=O) groups is 2. The molecule has 0 unspecified atom stereocenters. The van der Waals surface area contributed by atoms with Gasteiger partial charge in [-0.3, -0.25) is 9.59 Å². The molecule has 0 aliphatic heterocycles. The first-order valence-electron chi connectivity index (χ1n) is 4.95. The Morgan fingerprint density at radius 3 is 2.44 bits per heavy atom. The molecule has 0 saturated heterocycles. The maximum Gasteiger partial charge on any atom is 0.303 e. The number of Topliss-reactive ketones (excluding diaryl/α,β-unsaturated/α-hetero) is 1. The van der Waals surface area contributed by atoms with E-state index in [-0.39, 0.29) is 19.0 Å². The van der Waals surface area contributed by atoms with E-state index < -0.39 is 5.97 Å². The second-order valence-corrected chi connectivity index (χ2v) is 3.30. The van der Waals surface area contributed by atoms with Crippen molar-refractivity contribution >= 4 is 11.8 Å². The van der Waals surface area contributed by atoms with E-state index in [0.717, 1.165) is 5.56 Å². The first-order valence-corrected chi connectivity index (χ1v) is 4.95. The third-order valence-corrected chi connectivity index (χ3v) is 1.81. The Morgan fingerprint density at radius 1 is 1.12 bits per heavy atom. The highest BCUT2D eigenvalue weighted by Gasteiger charge is 2.04. The Hall–Kier alpha value is -1.68. The minimum absolute atomic E-state index is 0.0395. The molecule has 16 heavy (non-hydrogen) atoms. The van der Waals surface area contributed by atoms with Crippen molar-refractivity contribution in [2.75, 3.05) is 13.2 Å². The summed E-state index contributed by atoms with van der Waals surface area (Å²) >= 11 is 0. The summed E-state index contributed by atoms with van der Waals surface area (Å²) in [6, 6.07) is 9.54. The Kier molecular flexibility index (Phi) is 5.22. The van der Waals surface area contributed by atoms with Crippen molar-refractivity contribution in [2.24, 2.45) is 0 Å². The second-order valence-electron chi connectivity index (χ2n) is 3.30. The van der Waals surface area contributed by atoms with Crippen LogP contribution in [0.3, 0.4) is 0 Å². The topological polar surface area (TPSA) is 52.6 Å². The first-order chi connectivity index (χ1) is 7.68. The van der Waals surface area contributed by atoms with E-state index in [1.54, 1.807) is 0 Å². The molecule has 4 heteroatoms. The van der Waals surface area contributed by atoms with Crippen molar-refractivity contribution in [3.8, 4) is 0 Å². The van der Waals surface area contributed by atoms with Gasteiger partial charge in [-0.05, 0) is 5.56 Å². The van der Waals surface area contributed by atoms with Crippen LogP contribution in [0.1, 0.15) is 12.5 Å². The van der Waals surface area contributed by atoms with Crippen molar-refractivity contribution in [3.05, 3.63) is 35.9 Å². The molecule has 1 aromatic carbocycles. The summed E-state index contributed by atoms with van der Waals surface area (Å²) in [7, 11) is 0. The molecular formula is C12H14O4. The van der Waals surface area contributed by atoms with Crippen LogP contribution in [0.5, 0.6) is 0 Å². The fourth-order valence-electron chi connectivity index (χ4n) is 1.08. The molecule has 4 nitrogen and oxygen atoms in total. The molecule has 0 saturated carbocycles. The lowest BCUT2D eigenvalue weighted by Gasteiger charge is -2.03. The quantitative estimate of drug-likeness (QED) is 0.681. The van der Waals surface area contributed by atoms with Gasteiger partial charge < -0.3 is 9.47 Å². The van der Waals surface area contributed by atoms with Crippen LogP contribution < -0.4 is 0 Å². The van der Waals surface area contributed by atoms with Gasteiger partial charge in [0.15, 0.2) is 12.4 Å². The third-order valence-electron chi connectivity index (χ3n) is 1.81. The predicted octanol–water partition coefficient (Wildman–Crippen LogP) is 1.34. The van der Waals surface area contributed by atoms with Crippen molar-refractivity contribution in [2.45, 2.75) is 13.5 Å². The van der Waals surface area contributed by atoms with Crippen molar-refractivity contribution in [3.63, 3.8) is 0 Å². The number of ether oxygens (including phenoxy) is 2. The largest absolute Gasteiger partial charge is 0.458 e. The van der Waals surface area contributed by atoms with Gasteiger partial charge in [0, 0.05) is 6.92 Å². The van der Waals surface area contributed by atoms with Gasteiger partial charge in [-0.1, -0.05) is 30.3 Å². The molecule has 0 aliphatic rings. The smallest absolute Gasteiger partial charge is 0.303 e. The molecule has 0 amide bonds. The highest BCUT2D eigenvalue weighted by Crippen LogP contribution is 2.00. The van der Waals surface area contributed by atoms with Crippen LogP contribution in [-0.4, -0.2) is 25.0 Å². The Labute approximate surface area is 94.2 Å². The van der Waals surface area contributed by atoms with Gasteiger partial charge >= 0.3 is 5.97 Å². The van der Waals surface area contributed by atoms with E-state index in [0.29, 0.717) is 6.61 Å². The van der Waals surface area contributed by atoms with Gasteiger partial charge in [0.05, 0.1) is 6.61 Å². The van der Waals surface area contributed by atoms with Crippen LogP contribution >= 0.6 is 0 Å². The molecule has 1 aromatic rings. The number of rotatable bonds is 6. The number of hydrogen-bond acceptors (Lipinski definition) is 4. The molecule has 0 heterocycles. The number of ketones is 1. The number of benzene rings is 1. The molecule has 0 aliphatic carbocycles. The lowest BCUT2D eigenvalue weighted by molar-refractivity contribution is -0.147. The van der Waals surface area contributed by atoms with E-state index >= 15 is 0 Å². The first kappa shape index (κ1) is 12.4. The maximum atomic E-state index is 11.1. The van der Waals surface area contributed by atoms with Crippen LogP contribution in [0.2, 0.25) is 0 Å². The van der Waals surface area contributed by atoms with Gasteiger partial charge in [-0.2, -0.15) is 0 Å². The van der Waals surface area contributed by atoms with E-state index in [9.17, 15) is 9.59 Å². The van der Waals surface area contributed by atoms with Gasteiger partial charge in [-0.25, -0.2) is 0 Å². The van der Waals surface area contributed by atoms with Crippen LogP contribution in [0.15, 0.2) is 30.3 Å². The fourth-order valence-corrected chi connectivity index (χ4v) is 1.08. The predicted molar refractivity (Wildman–Crippen MR) is 57.7 cm³/mol. The summed E-state index contributed by atoms with van der Waals surface area (Å²) in [5, 5.41) is 0. The van der Waals surface area contributed by atoms with E-state index in [1.807, 2.05) is 30.3 Å². The summed E-state index contributed by atoms with van der Waals surface area (Å²) in [4.78, 5) is 21.6. The summed E-state index contributed by atoms with van der Waals surface area (Å²) in [6.45, 7) is 1.39. The Bertz CT molecular complexity index is 345. The normalized spacial score (nSPS) is 9.81. The monoisotopic (exact) mass is 222 g/mol. The van der Waals surface area contributed by atoms with Crippen molar-refractivity contribution in [1.82, 2.24) is 0 Å². The molecule has 0 atom stereocenters. The molecular weight excluding hydrogens is 208 g/mol. The molecule has 0 N–H and O–H groups in total. The van der Waals surface area contributed by atoms with E-state index in [1.165, 1.54) is 6.92 Å². The average molecular weight is 222 g/mol. The van der Waals surface area contributed by atoms with Crippen molar-refractivity contribution in [1.29, 1.82) is 0 Å². The third kappa shape index (κ3) is 5.26. The highest BCUT2D eigenvalue weighted by atomic mass is 16.5. The SMILES string of the molecule is CC(=O)OCC(=O)COCc1ccccc1. The van der Waals surface area contributed by atoms with E-state index in [2.05, 4.69) is 4.74 Å². The zero-order valence-corrected chi connectivity index (χ0v) is 9.14. The lowest BCUT2D eigenvalue weighted by atomic mass is 10.2. The molecule has 0 bridgehead atoms. The summed E-state index contributed by atoms with van der Waals surface area (Å²) in [5.74, 6) is -0.706. The van der Waals surface area contributed by atoms with Gasteiger partial charge in [0.2, 0.25) is 0 Å². The number of hydrogen-bond donors (Lipinski definition) is 0. The van der Waals surface area contributed by atoms with Crippen LogP contribution in [0, 0.1) is 0 Å². The minimum Gasteiger partial charge on any atom is -0.458 e. The molecule has 0 aromatic heterocycles. The van der Waals surface area contributed by atoms with Gasteiger partial charge in [0.25, 0.3) is 0 Å². The van der Waals surface area contributed by atoms with Gasteiger partial charge in [-0.15, -0.1) is 0 Å². The van der Waals surface area contributed by atoms with Crippen LogP contribution in [-0.2, 0) is 25.7 Å². The Morgan fingerprint density at radius 2 is 1.81 bits per heavy atom. The molecule has 0 fully saturated rings. The molecule has 1 rings (SSSR count).